The molecule has 28 heavy (non-hydrogen) atoms. The van der Waals surface area contributed by atoms with Crippen molar-refractivity contribution in [2.24, 2.45) is 0 Å². The maximum atomic E-state index is 12.9. The summed E-state index contributed by atoms with van der Waals surface area (Å²) in [5.74, 6) is 0.624. The van der Waals surface area contributed by atoms with Crippen LogP contribution in [0.15, 0.2) is 82.6 Å². The largest absolute Gasteiger partial charge is 0.480 e. The van der Waals surface area contributed by atoms with Crippen molar-refractivity contribution in [1.82, 2.24) is 0 Å². The summed E-state index contributed by atoms with van der Waals surface area (Å²) in [5, 5.41) is 3.05. The number of rotatable bonds is 7. The molecule has 0 aliphatic rings. The highest BCUT2D eigenvalue weighted by Gasteiger charge is 2.20. The Morgan fingerprint density at radius 2 is 1.71 bits per heavy atom. The van der Waals surface area contributed by atoms with Gasteiger partial charge in [0.2, 0.25) is 0 Å². The Hall–Kier alpha value is -2.72. The summed E-state index contributed by atoms with van der Waals surface area (Å²) >= 11 is 1.63. The van der Waals surface area contributed by atoms with Gasteiger partial charge in [0.1, 0.15) is 5.75 Å². The molecular weight excluding hydrogens is 366 g/mol. The third kappa shape index (κ3) is 5.17. The molecule has 0 aromatic heterocycles. The molecule has 3 rings (SSSR count). The number of amides is 1. The second-order valence-corrected chi connectivity index (χ2v) is 7.80. The predicted molar refractivity (Wildman–Crippen MR) is 116 cm³/mol. The molecule has 0 unspecified atom stereocenters. The first-order valence-electron chi connectivity index (χ1n) is 9.43. The molecule has 0 bridgehead atoms. The van der Waals surface area contributed by atoms with Crippen LogP contribution in [-0.2, 0) is 4.79 Å². The number of hydrogen-bond acceptors (Lipinski definition) is 3. The van der Waals surface area contributed by atoms with Crippen LogP contribution in [0.1, 0.15) is 24.5 Å². The van der Waals surface area contributed by atoms with Crippen LogP contribution in [0.25, 0.3) is 0 Å². The van der Waals surface area contributed by atoms with Gasteiger partial charge in [0.05, 0.1) is 5.69 Å². The molecule has 0 saturated carbocycles. The minimum absolute atomic E-state index is 0.135. The molecule has 0 aliphatic heterocycles. The lowest BCUT2D eigenvalue weighted by Crippen LogP contribution is -2.32. The van der Waals surface area contributed by atoms with E-state index in [2.05, 4.69) is 17.4 Å². The fraction of sp³-hybridized carbons (Fsp3) is 0.208. The number of anilines is 1. The molecule has 0 aliphatic carbocycles. The molecule has 0 radical (unpaired) electrons. The van der Waals surface area contributed by atoms with Gasteiger partial charge >= 0.3 is 0 Å². The Morgan fingerprint density at radius 3 is 2.46 bits per heavy atom. The minimum atomic E-state index is -0.546. The van der Waals surface area contributed by atoms with Crippen LogP contribution in [0.4, 0.5) is 5.69 Å². The van der Waals surface area contributed by atoms with Gasteiger partial charge in [0.25, 0.3) is 5.91 Å². The number of ether oxygens (including phenoxy) is 1. The number of carbonyl (C=O) groups excluding carboxylic acids is 1. The van der Waals surface area contributed by atoms with Crippen molar-refractivity contribution < 1.29 is 9.53 Å². The van der Waals surface area contributed by atoms with E-state index in [1.165, 1.54) is 0 Å². The summed E-state index contributed by atoms with van der Waals surface area (Å²) in [5.41, 5.74) is 2.93. The van der Waals surface area contributed by atoms with Crippen LogP contribution in [0.2, 0.25) is 0 Å². The highest BCUT2D eigenvalue weighted by molar-refractivity contribution is 7.99. The Bertz CT molecular complexity index is 940. The van der Waals surface area contributed by atoms with Crippen LogP contribution in [0.5, 0.6) is 5.75 Å². The zero-order chi connectivity index (χ0) is 19.9. The summed E-state index contributed by atoms with van der Waals surface area (Å²) in [7, 11) is 0. The second-order valence-electron chi connectivity index (χ2n) is 6.68. The minimum Gasteiger partial charge on any atom is -0.480 e. The molecule has 0 spiro atoms. The third-order valence-corrected chi connectivity index (χ3v) is 5.48. The van der Waals surface area contributed by atoms with E-state index in [0.29, 0.717) is 6.42 Å². The lowest BCUT2D eigenvalue weighted by atomic mass is 10.1. The third-order valence-electron chi connectivity index (χ3n) is 4.39. The van der Waals surface area contributed by atoms with E-state index in [4.69, 9.17) is 4.74 Å². The quantitative estimate of drug-likeness (QED) is 0.517. The first kappa shape index (κ1) is 20.0. The fourth-order valence-electron chi connectivity index (χ4n) is 2.80. The zero-order valence-electron chi connectivity index (χ0n) is 16.4. The van der Waals surface area contributed by atoms with Gasteiger partial charge in [-0.25, -0.2) is 0 Å². The van der Waals surface area contributed by atoms with Gasteiger partial charge in [-0.15, -0.1) is 0 Å². The molecule has 3 aromatic rings. The van der Waals surface area contributed by atoms with E-state index in [9.17, 15) is 4.79 Å². The molecule has 1 amide bonds. The molecule has 3 nitrogen and oxygen atoms in total. The summed E-state index contributed by atoms with van der Waals surface area (Å²) in [6, 6.07) is 24.0. The maximum Gasteiger partial charge on any atom is 0.265 e. The van der Waals surface area contributed by atoms with Crippen molar-refractivity contribution in [3.05, 3.63) is 83.9 Å². The first-order valence-corrected chi connectivity index (χ1v) is 10.2. The van der Waals surface area contributed by atoms with Gasteiger partial charge in [-0.05, 0) is 61.7 Å². The number of aryl methyl sites for hydroxylation is 2. The van der Waals surface area contributed by atoms with Crippen LogP contribution < -0.4 is 10.1 Å². The van der Waals surface area contributed by atoms with Gasteiger partial charge < -0.3 is 10.1 Å². The van der Waals surface area contributed by atoms with Crippen molar-refractivity contribution in [2.45, 2.75) is 43.1 Å². The molecule has 0 heterocycles. The molecule has 3 aromatic carbocycles. The summed E-state index contributed by atoms with van der Waals surface area (Å²) in [6.07, 6.45) is 0.0445. The van der Waals surface area contributed by atoms with Gasteiger partial charge in [-0.2, -0.15) is 0 Å². The normalized spacial score (nSPS) is 11.7. The van der Waals surface area contributed by atoms with Gasteiger partial charge in [0, 0.05) is 9.79 Å². The maximum absolute atomic E-state index is 12.9. The van der Waals surface area contributed by atoms with E-state index in [1.54, 1.807) is 11.8 Å². The van der Waals surface area contributed by atoms with Crippen molar-refractivity contribution in [1.29, 1.82) is 0 Å². The predicted octanol–water partition coefficient (Wildman–Crippen LogP) is 6.25. The SMILES string of the molecule is CC[C@H](Oc1cc(C)ccc1C)C(=O)Nc1ccccc1Sc1ccccc1. The van der Waals surface area contributed by atoms with Crippen LogP contribution >= 0.6 is 11.8 Å². The van der Waals surface area contributed by atoms with E-state index in [0.717, 1.165) is 32.4 Å². The van der Waals surface area contributed by atoms with Gasteiger partial charge in [-0.3, -0.25) is 4.79 Å². The fourth-order valence-corrected chi connectivity index (χ4v) is 3.72. The Labute approximate surface area is 171 Å². The van der Waals surface area contributed by atoms with Crippen LogP contribution in [0, 0.1) is 13.8 Å². The summed E-state index contributed by atoms with van der Waals surface area (Å²) < 4.78 is 6.05. The highest BCUT2D eigenvalue weighted by atomic mass is 32.2. The zero-order valence-corrected chi connectivity index (χ0v) is 17.3. The van der Waals surface area contributed by atoms with Gasteiger partial charge in [0.15, 0.2) is 6.10 Å². The molecule has 1 N–H and O–H groups in total. The van der Waals surface area contributed by atoms with Crippen LogP contribution in [0.3, 0.4) is 0 Å². The summed E-state index contributed by atoms with van der Waals surface area (Å²) in [4.78, 5) is 15.0. The lowest BCUT2D eigenvalue weighted by Gasteiger charge is -2.20. The van der Waals surface area contributed by atoms with Crippen molar-refractivity contribution in [3.63, 3.8) is 0 Å². The van der Waals surface area contributed by atoms with Crippen molar-refractivity contribution >= 4 is 23.4 Å². The molecule has 1 atom stereocenters. The Balaban J connectivity index is 1.75. The van der Waals surface area contributed by atoms with E-state index in [1.807, 2.05) is 81.4 Å². The molecule has 4 heteroatoms. The van der Waals surface area contributed by atoms with E-state index >= 15 is 0 Å². The van der Waals surface area contributed by atoms with E-state index < -0.39 is 6.10 Å². The lowest BCUT2D eigenvalue weighted by molar-refractivity contribution is -0.122. The Kier molecular flexibility index (Phi) is 6.77. The molecule has 0 fully saturated rings. The summed E-state index contributed by atoms with van der Waals surface area (Å²) in [6.45, 7) is 5.97. The first-order chi connectivity index (χ1) is 13.6. The Morgan fingerprint density at radius 1 is 1.00 bits per heavy atom. The highest BCUT2D eigenvalue weighted by Crippen LogP contribution is 2.33. The number of nitrogens with one attached hydrogen (secondary N) is 1. The monoisotopic (exact) mass is 391 g/mol. The molecule has 144 valence electrons. The molecule has 0 saturated heterocycles. The smallest absolute Gasteiger partial charge is 0.265 e. The van der Waals surface area contributed by atoms with Crippen molar-refractivity contribution in [2.75, 3.05) is 5.32 Å². The average Bonchev–Trinajstić information content (AvgIpc) is 2.70. The number of benzene rings is 3. The number of hydrogen-bond donors (Lipinski definition) is 1. The second kappa shape index (κ2) is 9.47. The average molecular weight is 392 g/mol. The van der Waals surface area contributed by atoms with Gasteiger partial charge in [-0.1, -0.05) is 61.2 Å². The number of carbonyl (C=O) groups is 1. The van der Waals surface area contributed by atoms with E-state index in [-0.39, 0.29) is 5.91 Å². The number of para-hydroxylation sites is 1. The topological polar surface area (TPSA) is 38.3 Å². The van der Waals surface area contributed by atoms with Crippen molar-refractivity contribution in [3.8, 4) is 5.75 Å². The molecular formula is C24H25NO2S. The standard InChI is InChI=1S/C24H25NO2S/c1-4-21(27-22-16-17(2)14-15-18(22)3)24(26)25-20-12-8-9-13-23(20)28-19-10-6-5-7-11-19/h5-16,21H,4H2,1-3H3,(H,25,26)/t21-/m0/s1. The van der Waals surface area contributed by atoms with Crippen LogP contribution in [-0.4, -0.2) is 12.0 Å².